The molecule has 2 aromatic carbocycles. The van der Waals surface area contributed by atoms with Crippen LogP contribution in [0.1, 0.15) is 31.4 Å². The molecule has 9 N–H and O–H groups in total. The standard InChI is InChI=1S/C29H37N5O7/c1-3-16(2)25(29(40)41)34-28(39)24(15-35)33-27(38)23(13-18-14-31-22-7-5-4-6-20(18)22)32-26(37)21(30)12-17-8-10-19(36)11-9-17/h4-11,14,16,21,23-25,31,35-36H,3,12-13,15,30H2,1-2H3,(H,32,37)(H,33,38)(H,34,39)(H,40,41). The molecule has 3 amide bonds. The number of carboxylic acids is 1. The van der Waals surface area contributed by atoms with Crippen LogP contribution in [0.4, 0.5) is 0 Å². The van der Waals surface area contributed by atoms with Crippen LogP contribution in [-0.4, -0.2) is 74.8 Å². The second kappa shape index (κ2) is 14.3. The monoisotopic (exact) mass is 567 g/mol. The van der Waals surface area contributed by atoms with E-state index in [9.17, 15) is 34.5 Å². The molecule has 0 saturated carbocycles. The normalized spacial score (nSPS) is 14.8. The van der Waals surface area contributed by atoms with E-state index in [4.69, 9.17) is 5.73 Å². The van der Waals surface area contributed by atoms with Crippen LogP contribution in [0.5, 0.6) is 5.75 Å². The number of carboxylic acid groups (broad SMARTS) is 1. The number of carbonyl (C=O) groups excluding carboxylic acids is 3. The molecule has 0 fully saturated rings. The molecule has 0 aliphatic heterocycles. The minimum absolute atomic E-state index is 0.0396. The number of aromatic amines is 1. The Morgan fingerprint density at radius 2 is 1.54 bits per heavy atom. The van der Waals surface area contributed by atoms with Gasteiger partial charge in [-0.3, -0.25) is 14.4 Å². The van der Waals surface area contributed by atoms with Crippen LogP contribution in [0.3, 0.4) is 0 Å². The number of phenols is 1. The number of aliphatic hydroxyl groups is 1. The first-order valence-corrected chi connectivity index (χ1v) is 13.4. The molecule has 0 saturated heterocycles. The second-order valence-electron chi connectivity index (χ2n) is 10.1. The Hall–Kier alpha value is -4.42. The van der Waals surface area contributed by atoms with E-state index in [-0.39, 0.29) is 18.6 Å². The summed E-state index contributed by atoms with van der Waals surface area (Å²) >= 11 is 0. The average Bonchev–Trinajstić information content (AvgIpc) is 3.37. The van der Waals surface area contributed by atoms with Gasteiger partial charge in [0.25, 0.3) is 0 Å². The zero-order valence-electron chi connectivity index (χ0n) is 23.0. The van der Waals surface area contributed by atoms with E-state index in [1.54, 1.807) is 32.2 Å². The molecule has 12 heteroatoms. The number of phenolic OH excluding ortho intramolecular Hbond substituents is 1. The summed E-state index contributed by atoms with van der Waals surface area (Å²) in [4.78, 5) is 54.1. The lowest BCUT2D eigenvalue weighted by Crippen LogP contribution is -2.59. The van der Waals surface area contributed by atoms with Crippen molar-refractivity contribution in [3.05, 3.63) is 65.9 Å². The van der Waals surface area contributed by atoms with Gasteiger partial charge in [0.2, 0.25) is 17.7 Å². The van der Waals surface area contributed by atoms with E-state index in [0.717, 1.165) is 16.5 Å². The summed E-state index contributed by atoms with van der Waals surface area (Å²) in [6.07, 6.45) is 2.38. The summed E-state index contributed by atoms with van der Waals surface area (Å²) < 4.78 is 0. The molecule has 3 rings (SSSR count). The number of nitrogens with one attached hydrogen (secondary N) is 4. The van der Waals surface area contributed by atoms with Gasteiger partial charge in [-0.15, -0.1) is 0 Å². The molecule has 5 atom stereocenters. The minimum Gasteiger partial charge on any atom is -0.508 e. The molecule has 5 unspecified atom stereocenters. The number of aliphatic hydroxyl groups excluding tert-OH is 1. The summed E-state index contributed by atoms with van der Waals surface area (Å²) in [5.41, 5.74) is 8.38. The number of fused-ring (bicyclic) bond motifs is 1. The molecule has 220 valence electrons. The van der Waals surface area contributed by atoms with Crippen molar-refractivity contribution in [3.8, 4) is 5.75 Å². The number of para-hydroxylation sites is 1. The SMILES string of the molecule is CCC(C)C(NC(=O)C(CO)NC(=O)C(Cc1c[nH]c2ccccc12)NC(=O)C(N)Cc1ccc(O)cc1)C(=O)O. The summed E-state index contributed by atoms with van der Waals surface area (Å²) in [6.45, 7) is 2.65. The first-order valence-electron chi connectivity index (χ1n) is 13.4. The first-order chi connectivity index (χ1) is 19.5. The Balaban J connectivity index is 1.79. The fourth-order valence-corrected chi connectivity index (χ4v) is 4.39. The molecule has 3 aromatic rings. The fourth-order valence-electron chi connectivity index (χ4n) is 4.39. The quantitative estimate of drug-likeness (QED) is 0.138. The van der Waals surface area contributed by atoms with Crippen LogP contribution in [0.2, 0.25) is 0 Å². The maximum absolute atomic E-state index is 13.4. The highest BCUT2D eigenvalue weighted by Crippen LogP contribution is 2.19. The number of amides is 3. The molecule has 1 heterocycles. The third kappa shape index (κ3) is 8.29. The van der Waals surface area contributed by atoms with Gasteiger partial charge in [-0.1, -0.05) is 50.6 Å². The first kappa shape index (κ1) is 31.1. The van der Waals surface area contributed by atoms with E-state index in [1.165, 1.54) is 12.1 Å². The van der Waals surface area contributed by atoms with Crippen molar-refractivity contribution in [3.63, 3.8) is 0 Å². The third-order valence-electron chi connectivity index (χ3n) is 7.05. The topological polar surface area (TPSA) is 207 Å². The lowest BCUT2D eigenvalue weighted by Gasteiger charge is -2.25. The molecule has 12 nitrogen and oxygen atoms in total. The van der Waals surface area contributed by atoms with Crippen LogP contribution in [0.15, 0.2) is 54.7 Å². The molecule has 0 aliphatic carbocycles. The highest BCUT2D eigenvalue weighted by molar-refractivity contribution is 5.95. The molecule has 1 aromatic heterocycles. The van der Waals surface area contributed by atoms with Gasteiger partial charge in [-0.05, 0) is 41.7 Å². The average molecular weight is 568 g/mol. The van der Waals surface area contributed by atoms with Crippen molar-refractivity contribution in [2.45, 2.75) is 57.3 Å². The van der Waals surface area contributed by atoms with Gasteiger partial charge in [0.05, 0.1) is 12.6 Å². The van der Waals surface area contributed by atoms with Gasteiger partial charge in [-0.25, -0.2) is 4.79 Å². The molecule has 0 spiro atoms. The predicted octanol–water partition coefficient (Wildman–Crippen LogP) is 0.563. The maximum Gasteiger partial charge on any atom is 0.326 e. The van der Waals surface area contributed by atoms with Crippen molar-refractivity contribution in [2.75, 3.05) is 6.61 Å². The Labute approximate surface area is 237 Å². The maximum atomic E-state index is 13.4. The zero-order valence-corrected chi connectivity index (χ0v) is 23.0. The lowest BCUT2D eigenvalue weighted by atomic mass is 9.99. The highest BCUT2D eigenvalue weighted by Gasteiger charge is 2.32. The Morgan fingerprint density at radius 3 is 2.17 bits per heavy atom. The smallest absolute Gasteiger partial charge is 0.326 e. The number of hydrogen-bond acceptors (Lipinski definition) is 7. The van der Waals surface area contributed by atoms with E-state index in [0.29, 0.717) is 12.0 Å². The third-order valence-corrected chi connectivity index (χ3v) is 7.05. The molecule has 0 aliphatic rings. The number of nitrogens with two attached hydrogens (primary N) is 1. The van der Waals surface area contributed by atoms with Gasteiger partial charge < -0.3 is 42.0 Å². The molecule has 0 radical (unpaired) electrons. The summed E-state index contributed by atoms with van der Waals surface area (Å²) in [7, 11) is 0. The van der Waals surface area contributed by atoms with Crippen LogP contribution < -0.4 is 21.7 Å². The summed E-state index contributed by atoms with van der Waals surface area (Å²) in [6, 6.07) is 8.75. The van der Waals surface area contributed by atoms with Gasteiger partial charge in [0, 0.05) is 23.5 Å². The van der Waals surface area contributed by atoms with E-state index in [2.05, 4.69) is 20.9 Å². The number of carbonyl (C=O) groups is 4. The van der Waals surface area contributed by atoms with Gasteiger partial charge in [-0.2, -0.15) is 0 Å². The van der Waals surface area contributed by atoms with Crippen molar-refractivity contribution in [1.29, 1.82) is 0 Å². The molecule has 41 heavy (non-hydrogen) atoms. The zero-order chi connectivity index (χ0) is 30.1. The number of aromatic hydroxyl groups is 1. The fraction of sp³-hybridized carbons (Fsp3) is 0.379. The van der Waals surface area contributed by atoms with E-state index < -0.39 is 60.4 Å². The van der Waals surface area contributed by atoms with Crippen LogP contribution in [0, 0.1) is 5.92 Å². The van der Waals surface area contributed by atoms with Crippen molar-refractivity contribution in [1.82, 2.24) is 20.9 Å². The van der Waals surface area contributed by atoms with Crippen LogP contribution >= 0.6 is 0 Å². The largest absolute Gasteiger partial charge is 0.508 e. The highest BCUT2D eigenvalue weighted by atomic mass is 16.4. The minimum atomic E-state index is -1.46. The van der Waals surface area contributed by atoms with Gasteiger partial charge in [0.15, 0.2) is 0 Å². The second-order valence-corrected chi connectivity index (χ2v) is 10.1. The van der Waals surface area contributed by atoms with Crippen molar-refractivity contribution < 1.29 is 34.5 Å². The Kier molecular flexibility index (Phi) is 10.8. The van der Waals surface area contributed by atoms with Crippen molar-refractivity contribution in [2.24, 2.45) is 11.7 Å². The number of aromatic nitrogens is 1. The van der Waals surface area contributed by atoms with Gasteiger partial charge in [0.1, 0.15) is 23.9 Å². The van der Waals surface area contributed by atoms with Crippen LogP contribution in [0.25, 0.3) is 10.9 Å². The lowest BCUT2D eigenvalue weighted by molar-refractivity contribution is -0.144. The number of hydrogen-bond donors (Lipinski definition) is 8. The predicted molar refractivity (Wildman–Crippen MR) is 152 cm³/mol. The van der Waals surface area contributed by atoms with Crippen molar-refractivity contribution >= 4 is 34.6 Å². The number of H-pyrrole nitrogens is 1. The van der Waals surface area contributed by atoms with E-state index in [1.807, 2.05) is 24.3 Å². The summed E-state index contributed by atoms with van der Waals surface area (Å²) in [5, 5.41) is 37.2. The Bertz CT molecular complexity index is 1360. The summed E-state index contributed by atoms with van der Waals surface area (Å²) in [5.74, 6) is -3.80. The molecular weight excluding hydrogens is 530 g/mol. The van der Waals surface area contributed by atoms with E-state index >= 15 is 0 Å². The van der Waals surface area contributed by atoms with Crippen LogP contribution in [-0.2, 0) is 32.0 Å². The van der Waals surface area contributed by atoms with Gasteiger partial charge >= 0.3 is 5.97 Å². The Morgan fingerprint density at radius 1 is 0.902 bits per heavy atom. The molecule has 0 bridgehead atoms. The number of rotatable bonds is 14. The number of aliphatic carboxylic acids is 1. The number of benzene rings is 2. The molecular formula is C29H37N5O7.